The van der Waals surface area contributed by atoms with Gasteiger partial charge in [-0.1, -0.05) is 0 Å². The van der Waals surface area contributed by atoms with Gasteiger partial charge in [0, 0.05) is 26.4 Å². The predicted octanol–water partition coefficient (Wildman–Crippen LogP) is 0.511. The highest BCUT2D eigenvalue weighted by Gasteiger charge is 1.69. The molecule has 0 saturated carbocycles. The molecule has 0 fully saturated rings. The Balaban J connectivity index is 0.000000180. The number of hydrogen-bond donors (Lipinski definition) is 1. The summed E-state index contributed by atoms with van der Waals surface area (Å²) in [4.78, 5) is 12.8. The maximum Gasteiger partial charge on any atom is 0.300 e. The molecule has 0 spiro atoms. The summed E-state index contributed by atoms with van der Waals surface area (Å²) in [5.74, 6) is -0.833. The molecule has 1 aromatic rings. The van der Waals surface area contributed by atoms with E-state index in [-0.39, 0.29) is 0 Å². The van der Waals surface area contributed by atoms with Crippen LogP contribution in [0.2, 0.25) is 0 Å². The first-order valence-corrected chi connectivity index (χ1v) is 2.74. The number of imidazole rings is 1. The number of carboxylic acids is 1. The quantitative estimate of drug-likeness (QED) is 0.574. The Morgan fingerprint density at radius 3 is 2.30 bits per heavy atom. The van der Waals surface area contributed by atoms with Crippen LogP contribution < -0.4 is 0 Å². The molecule has 1 aromatic heterocycles. The van der Waals surface area contributed by atoms with Crippen LogP contribution in [0.5, 0.6) is 0 Å². The van der Waals surface area contributed by atoms with Crippen molar-refractivity contribution < 1.29 is 9.90 Å². The molecule has 10 heavy (non-hydrogen) atoms. The fourth-order valence-corrected chi connectivity index (χ4v) is 0.326. The molecular weight excluding hydrogens is 132 g/mol. The number of aryl methyl sites for hydroxylation is 1. The smallest absolute Gasteiger partial charge is 0.300 e. The first kappa shape index (κ1) is 8.68. The lowest BCUT2D eigenvalue weighted by atomic mass is 10.9. The van der Waals surface area contributed by atoms with Crippen molar-refractivity contribution in [1.29, 1.82) is 0 Å². The second-order valence-electron chi connectivity index (χ2n) is 1.75. The van der Waals surface area contributed by atoms with Crippen molar-refractivity contribution in [2.45, 2.75) is 6.92 Å². The molecular formula is C6H10N2O2. The van der Waals surface area contributed by atoms with E-state index in [0.29, 0.717) is 0 Å². The summed E-state index contributed by atoms with van der Waals surface area (Å²) >= 11 is 0. The van der Waals surface area contributed by atoms with Gasteiger partial charge in [0.25, 0.3) is 5.97 Å². The first-order chi connectivity index (χ1) is 4.63. The van der Waals surface area contributed by atoms with Crippen molar-refractivity contribution in [3.8, 4) is 0 Å². The summed E-state index contributed by atoms with van der Waals surface area (Å²) in [5, 5.41) is 7.42. The van der Waals surface area contributed by atoms with E-state index in [0.717, 1.165) is 6.92 Å². The number of aliphatic carboxylic acids is 1. The largest absolute Gasteiger partial charge is 0.481 e. The van der Waals surface area contributed by atoms with Gasteiger partial charge in [0.15, 0.2) is 0 Å². The molecule has 0 aliphatic rings. The van der Waals surface area contributed by atoms with Crippen molar-refractivity contribution in [3.05, 3.63) is 18.7 Å². The molecule has 0 aliphatic heterocycles. The van der Waals surface area contributed by atoms with Crippen LogP contribution >= 0.6 is 0 Å². The molecule has 0 amide bonds. The van der Waals surface area contributed by atoms with Crippen LogP contribution in [-0.4, -0.2) is 20.6 Å². The molecule has 1 heterocycles. The summed E-state index contributed by atoms with van der Waals surface area (Å²) in [6, 6.07) is 0. The van der Waals surface area contributed by atoms with Crippen LogP contribution in [-0.2, 0) is 11.8 Å². The van der Waals surface area contributed by atoms with Crippen molar-refractivity contribution >= 4 is 5.97 Å². The summed E-state index contributed by atoms with van der Waals surface area (Å²) in [6.45, 7) is 1.08. The fourth-order valence-electron chi connectivity index (χ4n) is 0.326. The van der Waals surface area contributed by atoms with E-state index >= 15 is 0 Å². The maximum atomic E-state index is 9.00. The van der Waals surface area contributed by atoms with Crippen LogP contribution in [0.1, 0.15) is 6.92 Å². The molecule has 4 heteroatoms. The molecule has 56 valence electrons. The Kier molecular flexibility index (Phi) is 3.95. The van der Waals surface area contributed by atoms with Crippen molar-refractivity contribution in [2.75, 3.05) is 0 Å². The van der Waals surface area contributed by atoms with E-state index in [1.165, 1.54) is 0 Å². The molecule has 0 aliphatic carbocycles. The molecule has 4 nitrogen and oxygen atoms in total. The normalized spacial score (nSPS) is 7.80. The van der Waals surface area contributed by atoms with Gasteiger partial charge in [0.2, 0.25) is 0 Å². The Morgan fingerprint density at radius 1 is 1.70 bits per heavy atom. The van der Waals surface area contributed by atoms with Gasteiger partial charge < -0.3 is 9.67 Å². The van der Waals surface area contributed by atoms with Gasteiger partial charge in [0.1, 0.15) is 0 Å². The highest BCUT2D eigenvalue weighted by Crippen LogP contribution is 1.73. The van der Waals surface area contributed by atoms with Gasteiger partial charge in [-0.2, -0.15) is 0 Å². The highest BCUT2D eigenvalue weighted by molar-refractivity contribution is 5.62. The van der Waals surface area contributed by atoms with E-state index in [4.69, 9.17) is 9.90 Å². The Bertz CT molecular complexity index is 178. The zero-order valence-corrected chi connectivity index (χ0v) is 5.98. The lowest BCUT2D eigenvalue weighted by molar-refractivity contribution is -0.134. The molecule has 0 saturated heterocycles. The van der Waals surface area contributed by atoms with Gasteiger partial charge in [0.05, 0.1) is 6.33 Å². The van der Waals surface area contributed by atoms with E-state index in [1.54, 1.807) is 12.5 Å². The average molecular weight is 142 g/mol. The number of aromatic nitrogens is 2. The van der Waals surface area contributed by atoms with E-state index in [9.17, 15) is 0 Å². The molecule has 0 aromatic carbocycles. The number of carbonyl (C=O) groups is 1. The standard InChI is InChI=1S/C4H6N2.C2H4O2/c1-6-3-2-5-4-6;1-2(3)4/h2-4H,1H3;1H3,(H,3,4). The van der Waals surface area contributed by atoms with Gasteiger partial charge in [-0.3, -0.25) is 4.79 Å². The number of hydrogen-bond acceptors (Lipinski definition) is 2. The van der Waals surface area contributed by atoms with E-state index in [1.807, 2.05) is 17.8 Å². The lowest BCUT2D eigenvalue weighted by Gasteiger charge is -1.76. The van der Waals surface area contributed by atoms with Gasteiger partial charge in [-0.25, -0.2) is 4.98 Å². The molecule has 1 N–H and O–H groups in total. The number of carboxylic acid groups (broad SMARTS) is 1. The van der Waals surface area contributed by atoms with Crippen molar-refractivity contribution in [2.24, 2.45) is 7.05 Å². The zero-order chi connectivity index (χ0) is 7.98. The van der Waals surface area contributed by atoms with Crippen LogP contribution in [0.4, 0.5) is 0 Å². The van der Waals surface area contributed by atoms with Gasteiger partial charge >= 0.3 is 0 Å². The van der Waals surface area contributed by atoms with E-state index in [2.05, 4.69) is 4.98 Å². The number of nitrogens with zero attached hydrogens (tertiary/aromatic N) is 2. The second kappa shape index (κ2) is 4.55. The monoisotopic (exact) mass is 142 g/mol. The summed E-state index contributed by atoms with van der Waals surface area (Å²) in [6.07, 6.45) is 5.39. The zero-order valence-electron chi connectivity index (χ0n) is 5.98. The van der Waals surface area contributed by atoms with Crippen LogP contribution in [0.3, 0.4) is 0 Å². The third kappa shape index (κ3) is 6.68. The fraction of sp³-hybridized carbons (Fsp3) is 0.333. The summed E-state index contributed by atoms with van der Waals surface area (Å²) in [7, 11) is 1.94. The minimum atomic E-state index is -0.833. The minimum absolute atomic E-state index is 0.833. The van der Waals surface area contributed by atoms with Crippen molar-refractivity contribution in [1.82, 2.24) is 9.55 Å². The molecule has 1 rings (SSSR count). The van der Waals surface area contributed by atoms with Crippen LogP contribution in [0, 0.1) is 0 Å². The second-order valence-corrected chi connectivity index (χ2v) is 1.75. The van der Waals surface area contributed by atoms with Crippen LogP contribution in [0.15, 0.2) is 18.7 Å². The first-order valence-electron chi connectivity index (χ1n) is 2.74. The molecule has 0 unspecified atom stereocenters. The third-order valence-corrected chi connectivity index (χ3v) is 0.637. The summed E-state index contributed by atoms with van der Waals surface area (Å²) in [5.41, 5.74) is 0. The van der Waals surface area contributed by atoms with Crippen molar-refractivity contribution in [3.63, 3.8) is 0 Å². The number of rotatable bonds is 0. The SMILES string of the molecule is CC(=O)O.Cn1ccnc1. The van der Waals surface area contributed by atoms with Crippen LogP contribution in [0.25, 0.3) is 0 Å². The Morgan fingerprint density at radius 2 is 2.20 bits per heavy atom. The summed E-state index contributed by atoms with van der Waals surface area (Å²) < 4.78 is 1.89. The lowest BCUT2D eigenvalue weighted by Crippen LogP contribution is -1.78. The minimum Gasteiger partial charge on any atom is -0.481 e. The Labute approximate surface area is 59.1 Å². The van der Waals surface area contributed by atoms with Gasteiger partial charge in [-0.05, 0) is 0 Å². The highest BCUT2D eigenvalue weighted by atomic mass is 16.4. The van der Waals surface area contributed by atoms with Gasteiger partial charge in [-0.15, -0.1) is 0 Å². The average Bonchev–Trinajstić information content (AvgIpc) is 2.15. The topological polar surface area (TPSA) is 55.1 Å². The Hall–Kier alpha value is -1.32. The maximum absolute atomic E-state index is 9.00. The predicted molar refractivity (Wildman–Crippen MR) is 36.5 cm³/mol. The third-order valence-electron chi connectivity index (χ3n) is 0.637. The van der Waals surface area contributed by atoms with E-state index < -0.39 is 5.97 Å². The molecule has 0 radical (unpaired) electrons. The molecule has 0 atom stereocenters. The molecule has 0 bridgehead atoms.